The molecule has 0 fully saturated rings. The highest BCUT2D eigenvalue weighted by molar-refractivity contribution is 6.63. The van der Waals surface area contributed by atoms with Crippen LogP contribution < -0.4 is 0 Å². The van der Waals surface area contributed by atoms with Gasteiger partial charge in [0.05, 0.1) is 0 Å². The van der Waals surface area contributed by atoms with Crippen molar-refractivity contribution >= 4 is 16.8 Å². The van der Waals surface area contributed by atoms with Gasteiger partial charge in [0.15, 0.2) is 0 Å². The lowest BCUT2D eigenvalue weighted by atomic mass is 9.92. The lowest BCUT2D eigenvalue weighted by molar-refractivity contribution is -0.396. The van der Waals surface area contributed by atoms with Crippen LogP contribution in [0.2, 0.25) is 0 Å². The normalized spacial score (nSPS) is 14.8. The van der Waals surface area contributed by atoms with E-state index in [9.17, 15) is 44.3 Å². The van der Waals surface area contributed by atoms with Gasteiger partial charge < -0.3 is 0 Å². The zero-order valence-electron chi connectivity index (χ0n) is 16.8. The van der Waals surface area contributed by atoms with E-state index in [4.69, 9.17) is 11.6 Å². The highest BCUT2D eigenvalue weighted by Crippen LogP contribution is 2.54. The maximum atomic E-state index is 13.6. The van der Waals surface area contributed by atoms with Gasteiger partial charge in [-0.25, -0.2) is 0 Å². The molecule has 0 rings (SSSR count). The number of alkyl halides is 9. The summed E-state index contributed by atoms with van der Waals surface area (Å²) < 4.78 is 116. The molecule has 0 aromatic heterocycles. The Balaban J connectivity index is 4.60. The highest BCUT2D eigenvalue weighted by atomic mass is 35.5. The van der Waals surface area contributed by atoms with Crippen LogP contribution in [0.15, 0.2) is 0 Å². The molecule has 0 heterocycles. The standard InChI is InChI=1S/C19H28ClF9O/c1-2-3-4-5-6-7-8-9-10-11-14(15(20)30)12-13-16(21,22)17(23,24)18(25,26)19(27,28)29/h14H,2-13H2,1H3. The maximum absolute atomic E-state index is 13.6. The molecule has 0 aromatic rings. The van der Waals surface area contributed by atoms with Gasteiger partial charge in [-0.1, -0.05) is 64.7 Å². The zero-order valence-corrected chi connectivity index (χ0v) is 17.5. The van der Waals surface area contributed by atoms with Crippen LogP contribution in [0.5, 0.6) is 0 Å². The van der Waals surface area contributed by atoms with Gasteiger partial charge in [-0.05, 0) is 24.4 Å². The fourth-order valence-corrected chi connectivity index (χ4v) is 3.21. The molecule has 0 radical (unpaired) electrons. The SMILES string of the molecule is CCCCCCCCCCCC(CCC(F)(F)C(F)(F)C(F)(F)C(F)(F)F)C(=O)Cl. The Bertz CT molecular complexity index is 507. The van der Waals surface area contributed by atoms with E-state index in [1.807, 2.05) is 0 Å². The summed E-state index contributed by atoms with van der Waals surface area (Å²) >= 11 is 5.26. The predicted octanol–water partition coefficient (Wildman–Crippen LogP) is 8.54. The van der Waals surface area contributed by atoms with Crippen molar-refractivity contribution in [1.29, 1.82) is 0 Å². The Labute approximate surface area is 175 Å². The monoisotopic (exact) mass is 478 g/mol. The molecule has 0 aliphatic carbocycles. The fraction of sp³-hybridized carbons (Fsp3) is 0.947. The molecule has 180 valence electrons. The Morgan fingerprint density at radius 3 is 1.53 bits per heavy atom. The van der Waals surface area contributed by atoms with Crippen molar-refractivity contribution in [3.8, 4) is 0 Å². The number of halogens is 10. The smallest absolute Gasteiger partial charge is 0.281 e. The summed E-state index contributed by atoms with van der Waals surface area (Å²) in [6.45, 7) is 2.09. The van der Waals surface area contributed by atoms with E-state index in [2.05, 4.69) is 6.92 Å². The molecule has 0 saturated heterocycles. The first kappa shape index (κ1) is 29.3. The number of hydrogen-bond donors (Lipinski definition) is 0. The molecule has 11 heteroatoms. The Kier molecular flexibility index (Phi) is 12.1. The van der Waals surface area contributed by atoms with E-state index in [0.717, 1.165) is 44.9 Å². The van der Waals surface area contributed by atoms with Crippen LogP contribution in [0.3, 0.4) is 0 Å². The summed E-state index contributed by atoms with van der Waals surface area (Å²) in [5.74, 6) is -20.6. The Morgan fingerprint density at radius 1 is 0.700 bits per heavy atom. The van der Waals surface area contributed by atoms with Crippen molar-refractivity contribution in [3.63, 3.8) is 0 Å². The predicted molar refractivity (Wildman–Crippen MR) is 96.3 cm³/mol. The van der Waals surface area contributed by atoms with Gasteiger partial charge >= 0.3 is 23.9 Å². The van der Waals surface area contributed by atoms with Crippen molar-refractivity contribution in [2.24, 2.45) is 5.92 Å². The third kappa shape index (κ3) is 8.46. The Hall–Kier alpha value is -0.670. The van der Waals surface area contributed by atoms with Crippen LogP contribution in [0, 0.1) is 5.92 Å². The highest BCUT2D eigenvalue weighted by Gasteiger charge is 2.81. The second-order valence-corrected chi connectivity index (χ2v) is 7.88. The molecule has 0 spiro atoms. The summed E-state index contributed by atoms with van der Waals surface area (Å²) in [6.07, 6.45) is -1.67. The lowest BCUT2D eigenvalue weighted by Gasteiger charge is -2.34. The van der Waals surface area contributed by atoms with E-state index in [1.165, 1.54) is 0 Å². The molecular formula is C19H28ClF9O. The summed E-state index contributed by atoms with van der Waals surface area (Å²) in [6, 6.07) is 0. The number of carbonyl (C=O) groups is 1. The number of hydrogen-bond acceptors (Lipinski definition) is 1. The largest absolute Gasteiger partial charge is 0.460 e. The number of carbonyl (C=O) groups excluding carboxylic acids is 1. The molecule has 0 N–H and O–H groups in total. The zero-order chi connectivity index (χ0) is 23.6. The van der Waals surface area contributed by atoms with E-state index in [0.29, 0.717) is 12.8 Å². The van der Waals surface area contributed by atoms with Crippen molar-refractivity contribution in [3.05, 3.63) is 0 Å². The second kappa shape index (κ2) is 12.4. The first-order valence-corrected chi connectivity index (χ1v) is 10.4. The van der Waals surface area contributed by atoms with E-state index in [1.54, 1.807) is 0 Å². The minimum Gasteiger partial charge on any atom is -0.281 e. The van der Waals surface area contributed by atoms with Gasteiger partial charge in [0, 0.05) is 12.3 Å². The van der Waals surface area contributed by atoms with Crippen LogP contribution in [-0.2, 0) is 4.79 Å². The maximum Gasteiger partial charge on any atom is 0.460 e. The van der Waals surface area contributed by atoms with Crippen molar-refractivity contribution in [1.82, 2.24) is 0 Å². The van der Waals surface area contributed by atoms with Crippen molar-refractivity contribution in [2.45, 2.75) is 108 Å². The number of rotatable bonds is 16. The lowest BCUT2D eigenvalue weighted by Crippen LogP contribution is -2.60. The molecule has 0 bridgehead atoms. The van der Waals surface area contributed by atoms with Crippen molar-refractivity contribution < 1.29 is 44.3 Å². The van der Waals surface area contributed by atoms with Gasteiger partial charge in [-0.2, -0.15) is 39.5 Å². The molecule has 0 aliphatic rings. The average Bonchev–Trinajstić information content (AvgIpc) is 2.61. The quantitative estimate of drug-likeness (QED) is 0.123. The summed E-state index contributed by atoms with van der Waals surface area (Å²) in [4.78, 5) is 11.3. The number of unbranched alkanes of at least 4 members (excludes halogenated alkanes) is 8. The molecule has 1 atom stereocenters. The topological polar surface area (TPSA) is 17.1 Å². The molecule has 1 unspecified atom stereocenters. The van der Waals surface area contributed by atoms with E-state index in [-0.39, 0.29) is 6.42 Å². The van der Waals surface area contributed by atoms with Crippen LogP contribution in [0.4, 0.5) is 39.5 Å². The first-order valence-electron chi connectivity index (χ1n) is 10.0. The minimum atomic E-state index is -6.92. The van der Waals surface area contributed by atoms with E-state index < -0.39 is 47.9 Å². The van der Waals surface area contributed by atoms with Gasteiger partial charge in [-0.15, -0.1) is 0 Å². The van der Waals surface area contributed by atoms with Crippen molar-refractivity contribution in [2.75, 3.05) is 0 Å². The summed E-state index contributed by atoms with van der Waals surface area (Å²) in [5, 5.41) is -1.11. The summed E-state index contributed by atoms with van der Waals surface area (Å²) in [5.41, 5.74) is 0. The third-order valence-corrected chi connectivity index (χ3v) is 5.30. The Morgan fingerprint density at radius 2 is 1.13 bits per heavy atom. The van der Waals surface area contributed by atoms with Gasteiger partial charge in [0.1, 0.15) is 0 Å². The fourth-order valence-electron chi connectivity index (χ4n) is 2.99. The van der Waals surface area contributed by atoms with Gasteiger partial charge in [0.2, 0.25) is 5.24 Å². The summed E-state index contributed by atoms with van der Waals surface area (Å²) in [7, 11) is 0. The minimum absolute atomic E-state index is 0.0323. The first-order chi connectivity index (χ1) is 13.6. The van der Waals surface area contributed by atoms with Gasteiger partial charge in [-0.3, -0.25) is 4.79 Å². The molecule has 0 aromatic carbocycles. The van der Waals surface area contributed by atoms with Crippen LogP contribution in [-0.4, -0.2) is 29.2 Å². The molecule has 1 nitrogen and oxygen atoms in total. The second-order valence-electron chi connectivity index (χ2n) is 7.51. The van der Waals surface area contributed by atoms with Crippen LogP contribution in [0.1, 0.15) is 84.0 Å². The molecular weight excluding hydrogens is 451 g/mol. The third-order valence-electron chi connectivity index (χ3n) is 4.99. The molecule has 0 saturated carbocycles. The molecule has 0 amide bonds. The van der Waals surface area contributed by atoms with Crippen LogP contribution in [0.25, 0.3) is 0 Å². The molecule has 0 aliphatic heterocycles. The molecule has 30 heavy (non-hydrogen) atoms. The van der Waals surface area contributed by atoms with Gasteiger partial charge in [0.25, 0.3) is 0 Å². The van der Waals surface area contributed by atoms with E-state index >= 15 is 0 Å². The van der Waals surface area contributed by atoms with Crippen LogP contribution >= 0.6 is 11.6 Å². The average molecular weight is 479 g/mol.